The number of hydrogen-bond acceptors (Lipinski definition) is 7. The van der Waals surface area contributed by atoms with Crippen LogP contribution in [-0.2, 0) is 11.3 Å². The van der Waals surface area contributed by atoms with Gasteiger partial charge in [0.2, 0.25) is 5.91 Å². The maximum Gasteiger partial charge on any atom is 0.271 e. The van der Waals surface area contributed by atoms with Crippen molar-refractivity contribution in [3.63, 3.8) is 0 Å². The zero-order valence-corrected chi connectivity index (χ0v) is 19.1. The minimum Gasteiger partial charge on any atom is -0.354 e. The van der Waals surface area contributed by atoms with Gasteiger partial charge >= 0.3 is 0 Å². The first-order valence-electron chi connectivity index (χ1n) is 11.3. The van der Waals surface area contributed by atoms with Gasteiger partial charge in [-0.05, 0) is 12.1 Å². The van der Waals surface area contributed by atoms with E-state index in [4.69, 9.17) is 0 Å². The highest BCUT2D eigenvalue weighted by atomic mass is 16.2. The molecule has 3 amide bonds. The molecule has 2 aliphatic rings. The quantitative estimate of drug-likeness (QED) is 0.460. The molecule has 0 aromatic carbocycles. The molecule has 0 spiro atoms. The van der Waals surface area contributed by atoms with E-state index in [0.717, 1.165) is 0 Å². The van der Waals surface area contributed by atoms with Gasteiger partial charge in [0, 0.05) is 51.8 Å². The predicted molar refractivity (Wildman–Crippen MR) is 121 cm³/mol. The Labute approximate surface area is 199 Å². The van der Waals surface area contributed by atoms with Gasteiger partial charge in [0.25, 0.3) is 17.4 Å². The molecular formula is C22H25N9O4. The topological polar surface area (TPSA) is 151 Å². The molecule has 0 saturated carbocycles. The largest absolute Gasteiger partial charge is 0.354 e. The van der Waals surface area contributed by atoms with E-state index < -0.39 is 11.5 Å². The summed E-state index contributed by atoms with van der Waals surface area (Å²) in [5.74, 6) is -1.01. The lowest BCUT2D eigenvalue weighted by molar-refractivity contribution is -0.122. The Morgan fingerprint density at radius 1 is 1.20 bits per heavy atom. The number of amides is 3. The fourth-order valence-corrected chi connectivity index (χ4v) is 4.59. The first kappa shape index (κ1) is 22.5. The number of nitrogens with one attached hydrogen (secondary N) is 2. The van der Waals surface area contributed by atoms with E-state index in [2.05, 4.69) is 25.6 Å². The summed E-state index contributed by atoms with van der Waals surface area (Å²) in [4.78, 5) is 61.2. The second-order valence-corrected chi connectivity index (χ2v) is 8.83. The van der Waals surface area contributed by atoms with Crippen molar-refractivity contribution in [2.45, 2.75) is 19.0 Å². The van der Waals surface area contributed by atoms with E-state index in [9.17, 15) is 19.2 Å². The van der Waals surface area contributed by atoms with Crippen LogP contribution >= 0.6 is 0 Å². The van der Waals surface area contributed by atoms with Gasteiger partial charge in [0.05, 0.1) is 31.3 Å². The summed E-state index contributed by atoms with van der Waals surface area (Å²) < 4.78 is 3.08. The van der Waals surface area contributed by atoms with Crippen LogP contribution in [0.4, 0.5) is 0 Å². The van der Waals surface area contributed by atoms with Crippen molar-refractivity contribution in [2.24, 2.45) is 5.92 Å². The van der Waals surface area contributed by atoms with Crippen LogP contribution in [0.2, 0.25) is 0 Å². The van der Waals surface area contributed by atoms with Gasteiger partial charge in [0.1, 0.15) is 17.0 Å². The molecule has 2 atom stereocenters. The first-order valence-corrected chi connectivity index (χ1v) is 11.3. The number of aromatic amines is 1. The summed E-state index contributed by atoms with van der Waals surface area (Å²) in [6.07, 6.45) is 6.42. The summed E-state index contributed by atoms with van der Waals surface area (Å²) in [5.41, 5.74) is 0.520. The zero-order valence-electron chi connectivity index (χ0n) is 19.1. The molecule has 0 radical (unpaired) electrons. The monoisotopic (exact) mass is 479 g/mol. The van der Waals surface area contributed by atoms with E-state index >= 15 is 0 Å². The minimum atomic E-state index is -0.426. The van der Waals surface area contributed by atoms with E-state index in [0.29, 0.717) is 24.5 Å². The Balaban J connectivity index is 1.47. The van der Waals surface area contributed by atoms with Crippen LogP contribution in [0, 0.1) is 5.92 Å². The third-order valence-electron chi connectivity index (χ3n) is 6.47. The van der Waals surface area contributed by atoms with Crippen LogP contribution in [0.15, 0.2) is 41.8 Å². The Hall–Kier alpha value is -4.29. The number of nitrogens with zero attached hydrogens (tertiary/aromatic N) is 7. The molecule has 0 unspecified atom stereocenters. The number of hydrogen-bond donors (Lipinski definition) is 2. The number of carbonyl (C=O) groups excluding carboxylic acids is 3. The maximum atomic E-state index is 12.9. The van der Waals surface area contributed by atoms with Crippen LogP contribution in [0.5, 0.6) is 0 Å². The standard InChI is InChI=1S/C22H25N9O4/c1-28-6-4-24-19(32)7-14-9-30(22(35)17-8-23-13-25-17)12-18(14)31-11-15(26-27-31)10-29-5-2-3-16(20(28)33)21(29)34/h2-3,5,8,11,13-14,18H,4,6-7,9-10,12H2,1H3,(H,23,25)(H,24,32)/t14-,18+/m0/s1. The van der Waals surface area contributed by atoms with Crippen molar-refractivity contribution in [1.29, 1.82) is 0 Å². The van der Waals surface area contributed by atoms with Crippen molar-refractivity contribution >= 4 is 17.7 Å². The van der Waals surface area contributed by atoms with Crippen molar-refractivity contribution in [1.82, 2.24) is 44.6 Å². The normalized spacial score (nSPS) is 21.1. The van der Waals surface area contributed by atoms with E-state index in [1.807, 2.05) is 0 Å². The van der Waals surface area contributed by atoms with Crippen molar-refractivity contribution in [3.8, 4) is 0 Å². The third kappa shape index (κ3) is 4.44. The molecule has 35 heavy (non-hydrogen) atoms. The highest BCUT2D eigenvalue weighted by Gasteiger charge is 2.39. The number of likely N-dealkylation sites (tertiary alicyclic amines) is 1. The summed E-state index contributed by atoms with van der Waals surface area (Å²) in [6, 6.07) is 2.86. The van der Waals surface area contributed by atoms with E-state index in [-0.39, 0.29) is 55.4 Å². The number of H-pyrrole nitrogens is 1. The molecule has 5 heterocycles. The molecule has 5 rings (SSSR count). The number of aromatic nitrogens is 6. The number of imidazole rings is 1. The molecule has 3 aromatic heterocycles. The molecule has 2 aliphatic heterocycles. The minimum absolute atomic E-state index is 0.0460. The Morgan fingerprint density at radius 3 is 2.86 bits per heavy atom. The lowest BCUT2D eigenvalue weighted by Crippen LogP contribution is -2.39. The van der Waals surface area contributed by atoms with Crippen LogP contribution in [0.3, 0.4) is 0 Å². The SMILES string of the molecule is CN1CCNC(=O)C[C@H]2CN(C(=O)c3cnc[nH]3)C[C@H]2n2cc(nn2)Cn2cccc(c2=O)C1=O. The fourth-order valence-electron chi connectivity index (χ4n) is 4.59. The smallest absolute Gasteiger partial charge is 0.271 e. The molecule has 0 aliphatic carbocycles. The van der Waals surface area contributed by atoms with Crippen LogP contribution in [0.1, 0.15) is 39.0 Å². The maximum absolute atomic E-state index is 12.9. The van der Waals surface area contributed by atoms with Gasteiger partial charge in [-0.2, -0.15) is 0 Å². The summed E-state index contributed by atoms with van der Waals surface area (Å²) in [7, 11) is 1.59. The van der Waals surface area contributed by atoms with Crippen LogP contribution < -0.4 is 10.9 Å². The van der Waals surface area contributed by atoms with E-state index in [1.54, 1.807) is 35.1 Å². The van der Waals surface area contributed by atoms with Gasteiger partial charge in [0.15, 0.2) is 0 Å². The molecule has 2 N–H and O–H groups in total. The summed E-state index contributed by atoms with van der Waals surface area (Å²) >= 11 is 0. The van der Waals surface area contributed by atoms with Gasteiger partial charge in [-0.3, -0.25) is 19.2 Å². The fraction of sp³-hybridized carbons (Fsp3) is 0.409. The summed E-state index contributed by atoms with van der Waals surface area (Å²) in [6.45, 7) is 1.34. The lowest BCUT2D eigenvalue weighted by Gasteiger charge is -2.20. The molecule has 182 valence electrons. The van der Waals surface area contributed by atoms with Gasteiger partial charge < -0.3 is 24.7 Å². The van der Waals surface area contributed by atoms with Crippen LogP contribution in [0.25, 0.3) is 0 Å². The van der Waals surface area contributed by atoms with Gasteiger partial charge in [-0.25, -0.2) is 9.67 Å². The summed E-state index contributed by atoms with van der Waals surface area (Å²) in [5, 5.41) is 11.3. The van der Waals surface area contributed by atoms with E-state index in [1.165, 1.54) is 28.1 Å². The van der Waals surface area contributed by atoms with Crippen molar-refractivity contribution in [3.05, 3.63) is 64.4 Å². The number of pyridine rings is 1. The molecule has 1 fully saturated rings. The molecule has 4 bridgehead atoms. The Bertz CT molecular complexity index is 1310. The number of fused-ring (bicyclic) bond motifs is 6. The highest BCUT2D eigenvalue weighted by molar-refractivity contribution is 5.93. The van der Waals surface area contributed by atoms with Crippen molar-refractivity contribution in [2.75, 3.05) is 33.2 Å². The molecule has 3 aromatic rings. The lowest BCUT2D eigenvalue weighted by atomic mass is 9.99. The average Bonchev–Trinajstić information content (AvgIpc) is 3.60. The second kappa shape index (κ2) is 9.16. The molecule has 1 saturated heterocycles. The zero-order chi connectivity index (χ0) is 24.5. The van der Waals surface area contributed by atoms with Gasteiger partial charge in [-0.15, -0.1) is 5.10 Å². The first-order chi connectivity index (χ1) is 16.9. The Kier molecular flexibility index (Phi) is 5.89. The number of likely N-dealkylation sites (N-methyl/N-ethyl adjacent to an activating group) is 1. The van der Waals surface area contributed by atoms with Crippen LogP contribution in [-0.4, -0.2) is 90.3 Å². The molecular weight excluding hydrogens is 454 g/mol. The highest BCUT2D eigenvalue weighted by Crippen LogP contribution is 2.31. The number of carbonyl (C=O) groups is 3. The molecule has 13 heteroatoms. The third-order valence-corrected chi connectivity index (χ3v) is 6.47. The molecule has 13 nitrogen and oxygen atoms in total. The Morgan fingerprint density at radius 2 is 2.06 bits per heavy atom. The van der Waals surface area contributed by atoms with Gasteiger partial charge in [-0.1, -0.05) is 5.21 Å². The van der Waals surface area contributed by atoms with Crippen molar-refractivity contribution < 1.29 is 14.4 Å². The number of rotatable bonds is 1. The second-order valence-electron chi connectivity index (χ2n) is 8.83. The predicted octanol–water partition coefficient (Wildman–Crippen LogP) is -0.884. The average molecular weight is 480 g/mol.